The average Bonchev–Trinajstić information content (AvgIpc) is 2.40. The van der Waals surface area contributed by atoms with Gasteiger partial charge in [-0.3, -0.25) is 10.1 Å². The Bertz CT molecular complexity index is 461. The van der Waals surface area contributed by atoms with Crippen molar-refractivity contribution in [2.24, 2.45) is 5.92 Å². The van der Waals surface area contributed by atoms with Gasteiger partial charge in [0.1, 0.15) is 18.8 Å². The third-order valence-electron chi connectivity index (χ3n) is 2.71. The minimum absolute atomic E-state index is 0.0217. The minimum Gasteiger partial charge on any atom is -0.465 e. The normalized spacial score (nSPS) is 22.3. The van der Waals surface area contributed by atoms with Crippen molar-refractivity contribution in [3.63, 3.8) is 0 Å². The molecule has 2 aliphatic rings. The Morgan fingerprint density at radius 1 is 1.56 bits per heavy atom. The third-order valence-corrected chi connectivity index (χ3v) is 2.71. The predicted octanol–water partition coefficient (Wildman–Crippen LogP) is 2.10. The summed E-state index contributed by atoms with van der Waals surface area (Å²) in [5.41, 5.74) is 0.530. The van der Waals surface area contributed by atoms with Crippen molar-refractivity contribution >= 4 is 0 Å². The first-order valence-electron chi connectivity index (χ1n) is 5.45. The van der Waals surface area contributed by atoms with Gasteiger partial charge in [0.15, 0.2) is 5.76 Å². The van der Waals surface area contributed by atoms with Crippen molar-refractivity contribution < 1.29 is 19.1 Å². The predicted molar refractivity (Wildman–Crippen MR) is 62.5 cm³/mol. The van der Waals surface area contributed by atoms with E-state index in [1.165, 1.54) is 24.9 Å². The van der Waals surface area contributed by atoms with Crippen LogP contribution in [0.3, 0.4) is 0 Å². The van der Waals surface area contributed by atoms with Gasteiger partial charge in [0.25, 0.3) is 5.70 Å². The van der Waals surface area contributed by atoms with E-state index in [4.69, 9.17) is 14.2 Å². The number of nitrogens with zero attached hydrogens (tertiary/aromatic N) is 1. The Hall–Kier alpha value is -2.08. The second-order valence-electron chi connectivity index (χ2n) is 3.85. The number of methoxy groups -OCH3 is 1. The Morgan fingerprint density at radius 3 is 3.00 bits per heavy atom. The molecule has 96 valence electrons. The second kappa shape index (κ2) is 5.50. The van der Waals surface area contributed by atoms with E-state index in [-0.39, 0.29) is 11.6 Å². The van der Waals surface area contributed by atoms with Crippen molar-refractivity contribution in [1.29, 1.82) is 0 Å². The van der Waals surface area contributed by atoms with Crippen molar-refractivity contribution in [3.05, 3.63) is 58.1 Å². The highest BCUT2D eigenvalue weighted by atomic mass is 16.6. The highest BCUT2D eigenvalue weighted by Gasteiger charge is 2.31. The van der Waals surface area contributed by atoms with E-state index >= 15 is 0 Å². The number of nitro groups is 1. The molecule has 1 unspecified atom stereocenters. The highest BCUT2D eigenvalue weighted by Crippen LogP contribution is 2.33. The monoisotopic (exact) mass is 251 g/mol. The summed E-state index contributed by atoms with van der Waals surface area (Å²) in [4.78, 5) is 10.7. The standard InChI is InChI=1S/C12H13NO5/c1-16-7-9-3-2-4-10(13(14)15)12(9)11-8-17-5-6-18-11/h2,4-6,8-9H,3,7H2,1H3. The molecule has 0 amide bonds. The second-order valence-corrected chi connectivity index (χ2v) is 3.85. The number of ether oxygens (including phenoxy) is 3. The Kier molecular flexibility index (Phi) is 3.78. The number of allylic oxidation sites excluding steroid dienone is 3. The minimum atomic E-state index is -0.420. The van der Waals surface area contributed by atoms with E-state index in [9.17, 15) is 10.1 Å². The molecule has 18 heavy (non-hydrogen) atoms. The summed E-state index contributed by atoms with van der Waals surface area (Å²) in [6.45, 7) is 0.390. The van der Waals surface area contributed by atoms with Gasteiger partial charge in [0, 0.05) is 19.1 Å². The highest BCUT2D eigenvalue weighted by molar-refractivity contribution is 5.38. The van der Waals surface area contributed by atoms with Crippen molar-refractivity contribution in [2.75, 3.05) is 13.7 Å². The van der Waals surface area contributed by atoms with E-state index in [0.29, 0.717) is 24.4 Å². The van der Waals surface area contributed by atoms with Crippen LogP contribution in [0.1, 0.15) is 6.42 Å². The number of hydrogen-bond donors (Lipinski definition) is 0. The molecule has 1 heterocycles. The maximum absolute atomic E-state index is 11.1. The molecule has 0 radical (unpaired) electrons. The van der Waals surface area contributed by atoms with E-state index in [1.807, 2.05) is 0 Å². The molecule has 0 bridgehead atoms. The van der Waals surface area contributed by atoms with Crippen LogP contribution in [0.2, 0.25) is 0 Å². The molecule has 0 saturated heterocycles. The Labute approximate surface area is 104 Å². The third kappa shape index (κ3) is 2.43. The molecule has 6 heteroatoms. The molecule has 1 atom stereocenters. The van der Waals surface area contributed by atoms with Gasteiger partial charge in [-0.25, -0.2) is 0 Å². The fraction of sp³-hybridized carbons (Fsp3) is 0.333. The van der Waals surface area contributed by atoms with Gasteiger partial charge in [0.2, 0.25) is 0 Å². The first-order valence-corrected chi connectivity index (χ1v) is 5.45. The van der Waals surface area contributed by atoms with Crippen LogP contribution in [-0.4, -0.2) is 18.6 Å². The summed E-state index contributed by atoms with van der Waals surface area (Å²) in [7, 11) is 1.56. The van der Waals surface area contributed by atoms with Crippen LogP contribution in [0.15, 0.2) is 48.0 Å². The fourth-order valence-electron chi connectivity index (χ4n) is 1.99. The molecule has 0 aromatic heterocycles. The zero-order chi connectivity index (χ0) is 13.0. The summed E-state index contributed by atoms with van der Waals surface area (Å²) < 4.78 is 15.4. The van der Waals surface area contributed by atoms with Crippen LogP contribution in [-0.2, 0) is 14.2 Å². The van der Waals surface area contributed by atoms with Gasteiger partial charge in [-0.05, 0) is 6.42 Å². The molecule has 0 saturated carbocycles. The molecular weight excluding hydrogens is 238 g/mol. The molecule has 0 spiro atoms. The number of rotatable bonds is 4. The van der Waals surface area contributed by atoms with Gasteiger partial charge in [-0.15, -0.1) is 0 Å². The lowest BCUT2D eigenvalue weighted by Crippen LogP contribution is -2.20. The lowest BCUT2D eigenvalue weighted by atomic mass is 9.89. The molecule has 0 aromatic rings. The van der Waals surface area contributed by atoms with Gasteiger partial charge in [0.05, 0.1) is 17.1 Å². The molecule has 1 aliphatic heterocycles. The molecule has 0 aromatic carbocycles. The Morgan fingerprint density at radius 2 is 2.39 bits per heavy atom. The molecule has 2 rings (SSSR count). The summed E-state index contributed by atoms with van der Waals surface area (Å²) in [5, 5.41) is 11.1. The van der Waals surface area contributed by atoms with Crippen LogP contribution >= 0.6 is 0 Å². The zero-order valence-electron chi connectivity index (χ0n) is 9.87. The van der Waals surface area contributed by atoms with Crippen LogP contribution in [0, 0.1) is 16.0 Å². The van der Waals surface area contributed by atoms with Crippen molar-refractivity contribution in [2.45, 2.75) is 6.42 Å². The quantitative estimate of drug-likeness (QED) is 0.565. The van der Waals surface area contributed by atoms with Gasteiger partial charge in [-0.2, -0.15) is 0 Å². The maximum Gasteiger partial charge on any atom is 0.276 e. The molecular formula is C12H13NO5. The molecule has 1 aliphatic carbocycles. The van der Waals surface area contributed by atoms with Crippen LogP contribution in [0.5, 0.6) is 0 Å². The topological polar surface area (TPSA) is 70.8 Å². The smallest absolute Gasteiger partial charge is 0.276 e. The first kappa shape index (κ1) is 12.4. The van der Waals surface area contributed by atoms with E-state index < -0.39 is 4.92 Å². The SMILES string of the molecule is COCC1CC=CC([N+](=O)[O-])=C1C1=COC=CO1. The number of hydrogen-bond acceptors (Lipinski definition) is 5. The summed E-state index contributed by atoms with van der Waals surface area (Å²) in [6.07, 6.45) is 8.00. The summed E-state index contributed by atoms with van der Waals surface area (Å²) in [5.74, 6) is 0.248. The fourth-order valence-corrected chi connectivity index (χ4v) is 1.99. The van der Waals surface area contributed by atoms with Gasteiger partial charge < -0.3 is 14.2 Å². The van der Waals surface area contributed by atoms with Crippen molar-refractivity contribution in [3.8, 4) is 0 Å². The van der Waals surface area contributed by atoms with Crippen LogP contribution in [0.25, 0.3) is 0 Å². The average molecular weight is 251 g/mol. The lowest BCUT2D eigenvalue weighted by molar-refractivity contribution is -0.420. The molecule has 0 N–H and O–H groups in total. The van der Waals surface area contributed by atoms with E-state index in [0.717, 1.165) is 0 Å². The summed E-state index contributed by atoms with van der Waals surface area (Å²) >= 11 is 0. The van der Waals surface area contributed by atoms with Crippen LogP contribution < -0.4 is 0 Å². The van der Waals surface area contributed by atoms with Gasteiger partial charge in [-0.1, -0.05) is 6.08 Å². The largest absolute Gasteiger partial charge is 0.465 e. The van der Waals surface area contributed by atoms with Gasteiger partial charge >= 0.3 is 0 Å². The first-order chi connectivity index (χ1) is 8.74. The lowest BCUT2D eigenvalue weighted by Gasteiger charge is -2.22. The van der Waals surface area contributed by atoms with Crippen molar-refractivity contribution in [1.82, 2.24) is 0 Å². The Balaban J connectivity index is 2.39. The molecule has 0 fully saturated rings. The van der Waals surface area contributed by atoms with Crippen LogP contribution in [0.4, 0.5) is 0 Å². The van der Waals surface area contributed by atoms with E-state index in [2.05, 4.69) is 0 Å². The maximum atomic E-state index is 11.1. The van der Waals surface area contributed by atoms with E-state index in [1.54, 1.807) is 13.2 Å². The molecule has 6 nitrogen and oxygen atoms in total. The summed E-state index contributed by atoms with van der Waals surface area (Å²) in [6, 6.07) is 0. The zero-order valence-corrected chi connectivity index (χ0v) is 9.87.